The predicted octanol–water partition coefficient (Wildman–Crippen LogP) is 2.42. The van der Waals surface area contributed by atoms with Gasteiger partial charge >= 0.3 is 0 Å². The lowest BCUT2D eigenvalue weighted by Crippen LogP contribution is -2.50. The number of nitrogens with two attached hydrogens (primary N) is 1. The average Bonchev–Trinajstić information content (AvgIpc) is 2.72. The molecule has 0 bridgehead atoms. The number of amides is 1. The molecule has 2 aliphatic rings. The van der Waals surface area contributed by atoms with Crippen molar-refractivity contribution in [2.24, 2.45) is 23.0 Å². The van der Waals surface area contributed by atoms with Crippen LogP contribution in [0.5, 0.6) is 0 Å². The van der Waals surface area contributed by atoms with E-state index in [0.29, 0.717) is 25.9 Å². The quantitative estimate of drug-likeness (QED) is 0.875. The van der Waals surface area contributed by atoms with Crippen LogP contribution in [0.3, 0.4) is 0 Å². The van der Waals surface area contributed by atoms with E-state index in [1.165, 1.54) is 6.92 Å². The molecule has 0 radical (unpaired) electrons. The van der Waals surface area contributed by atoms with Crippen molar-refractivity contribution in [1.29, 1.82) is 15.8 Å². The van der Waals surface area contributed by atoms with Gasteiger partial charge in [-0.05, 0) is 24.0 Å². The summed E-state index contributed by atoms with van der Waals surface area (Å²) >= 11 is 0. The van der Waals surface area contributed by atoms with Gasteiger partial charge < -0.3 is 10.6 Å². The van der Waals surface area contributed by atoms with Crippen molar-refractivity contribution in [2.75, 3.05) is 13.1 Å². The molecule has 2 N–H and O–H groups in total. The second-order valence-electron chi connectivity index (χ2n) is 7.25. The molecule has 0 saturated carbocycles. The van der Waals surface area contributed by atoms with Crippen LogP contribution in [0.1, 0.15) is 18.9 Å². The first-order valence-corrected chi connectivity index (χ1v) is 9.21. The third kappa shape index (κ3) is 3.02. The molecule has 6 heteroatoms. The number of rotatable bonds is 3. The van der Waals surface area contributed by atoms with Crippen LogP contribution in [-0.2, 0) is 11.2 Å². The van der Waals surface area contributed by atoms with Crippen LogP contribution in [0, 0.1) is 51.2 Å². The molecule has 1 amide bonds. The van der Waals surface area contributed by atoms with Crippen LogP contribution in [0.25, 0.3) is 0 Å². The Morgan fingerprint density at radius 2 is 1.93 bits per heavy atom. The SMILES string of the molecule is CC(=O)N1CC=C2C(C#N)=C(N)C(C#N)(C#N)[C@@H](CCc3ccccc3)[C@@H]2C1. The Morgan fingerprint density at radius 3 is 2.50 bits per heavy atom. The van der Waals surface area contributed by atoms with Gasteiger partial charge in [-0.3, -0.25) is 4.79 Å². The summed E-state index contributed by atoms with van der Waals surface area (Å²) in [6.45, 7) is 2.28. The third-order valence-electron chi connectivity index (χ3n) is 5.87. The van der Waals surface area contributed by atoms with E-state index >= 15 is 0 Å². The highest BCUT2D eigenvalue weighted by molar-refractivity contribution is 5.74. The van der Waals surface area contributed by atoms with Gasteiger partial charge in [0.05, 0.1) is 23.4 Å². The number of nitrogens with zero attached hydrogens (tertiary/aromatic N) is 4. The predicted molar refractivity (Wildman–Crippen MR) is 103 cm³/mol. The molecule has 140 valence electrons. The Labute approximate surface area is 164 Å². The molecule has 2 atom stereocenters. The zero-order chi connectivity index (χ0) is 20.3. The highest BCUT2D eigenvalue weighted by atomic mass is 16.2. The molecule has 0 spiro atoms. The molecule has 1 heterocycles. The Balaban J connectivity index is 2.09. The van der Waals surface area contributed by atoms with E-state index in [4.69, 9.17) is 5.73 Å². The number of carbonyl (C=O) groups is 1. The molecule has 1 aliphatic carbocycles. The van der Waals surface area contributed by atoms with Gasteiger partial charge in [0.2, 0.25) is 5.91 Å². The molecule has 0 fully saturated rings. The van der Waals surface area contributed by atoms with Crippen molar-refractivity contribution < 1.29 is 4.79 Å². The Kier molecular flexibility index (Phi) is 5.21. The smallest absolute Gasteiger partial charge is 0.219 e. The summed E-state index contributed by atoms with van der Waals surface area (Å²) in [4.78, 5) is 13.6. The van der Waals surface area contributed by atoms with Crippen molar-refractivity contribution in [1.82, 2.24) is 4.90 Å². The summed E-state index contributed by atoms with van der Waals surface area (Å²) in [5.41, 5.74) is 6.78. The van der Waals surface area contributed by atoms with Crippen LogP contribution in [0.4, 0.5) is 0 Å². The van der Waals surface area contributed by atoms with Crippen molar-refractivity contribution >= 4 is 5.91 Å². The van der Waals surface area contributed by atoms with Crippen LogP contribution < -0.4 is 5.73 Å². The number of hydrogen-bond donors (Lipinski definition) is 1. The monoisotopic (exact) mass is 371 g/mol. The average molecular weight is 371 g/mol. The van der Waals surface area contributed by atoms with Crippen LogP contribution in [-0.4, -0.2) is 23.9 Å². The normalized spacial score (nSPS) is 22.9. The molecule has 0 unspecified atom stereocenters. The number of carbonyl (C=O) groups excluding carboxylic acids is 1. The third-order valence-corrected chi connectivity index (χ3v) is 5.87. The van der Waals surface area contributed by atoms with E-state index in [2.05, 4.69) is 18.2 Å². The zero-order valence-corrected chi connectivity index (χ0v) is 15.7. The minimum absolute atomic E-state index is 0.0387. The second kappa shape index (κ2) is 7.59. The van der Waals surface area contributed by atoms with Gasteiger partial charge in [-0.2, -0.15) is 15.8 Å². The minimum atomic E-state index is -1.58. The number of fused-ring (bicyclic) bond motifs is 1. The van der Waals surface area contributed by atoms with E-state index in [1.807, 2.05) is 36.4 Å². The summed E-state index contributed by atoms with van der Waals surface area (Å²) in [6, 6.07) is 16.2. The van der Waals surface area contributed by atoms with Crippen molar-refractivity contribution in [3.63, 3.8) is 0 Å². The second-order valence-corrected chi connectivity index (χ2v) is 7.25. The summed E-state index contributed by atoms with van der Waals surface area (Å²) in [6.07, 6.45) is 3.07. The summed E-state index contributed by atoms with van der Waals surface area (Å²) in [7, 11) is 0. The van der Waals surface area contributed by atoms with Crippen molar-refractivity contribution in [3.05, 3.63) is 58.8 Å². The van der Waals surface area contributed by atoms with Gasteiger partial charge in [-0.15, -0.1) is 0 Å². The lowest BCUT2D eigenvalue weighted by Gasteiger charge is -2.45. The molecule has 1 aromatic carbocycles. The van der Waals surface area contributed by atoms with Crippen LogP contribution in [0.2, 0.25) is 0 Å². The lowest BCUT2D eigenvalue weighted by atomic mass is 9.58. The molecule has 0 saturated heterocycles. The lowest BCUT2D eigenvalue weighted by molar-refractivity contribution is -0.129. The first-order chi connectivity index (χ1) is 13.5. The Bertz CT molecular complexity index is 957. The largest absolute Gasteiger partial charge is 0.399 e. The highest BCUT2D eigenvalue weighted by Crippen LogP contribution is 2.50. The minimum Gasteiger partial charge on any atom is -0.399 e. The highest BCUT2D eigenvalue weighted by Gasteiger charge is 2.53. The maximum atomic E-state index is 11.9. The standard InChI is InChI=1S/C22H21N5O/c1-15(28)27-10-9-17-18(11-23)21(26)22(13-24,14-25)20(19(17)12-27)8-7-16-5-3-2-4-6-16/h2-6,9,19-20H,7-8,10,12,26H2,1H3/t19-,20+/m1/s1. The maximum absolute atomic E-state index is 11.9. The molecule has 6 nitrogen and oxygen atoms in total. The molecular formula is C22H21N5O. The van der Waals surface area contributed by atoms with Gasteiger partial charge in [0.15, 0.2) is 5.41 Å². The van der Waals surface area contributed by atoms with Gasteiger partial charge in [0, 0.05) is 31.8 Å². The fourth-order valence-corrected chi connectivity index (χ4v) is 4.33. The summed E-state index contributed by atoms with van der Waals surface area (Å²) in [5.74, 6) is -0.756. The first-order valence-electron chi connectivity index (χ1n) is 9.21. The molecule has 3 rings (SSSR count). The molecule has 28 heavy (non-hydrogen) atoms. The summed E-state index contributed by atoms with van der Waals surface area (Å²) in [5, 5.41) is 29.6. The molecular weight excluding hydrogens is 350 g/mol. The van der Waals surface area contributed by atoms with Crippen molar-refractivity contribution in [3.8, 4) is 18.2 Å². The van der Waals surface area contributed by atoms with E-state index < -0.39 is 11.3 Å². The van der Waals surface area contributed by atoms with Crippen LogP contribution in [0.15, 0.2) is 53.3 Å². The molecule has 0 aromatic heterocycles. The van der Waals surface area contributed by atoms with E-state index in [1.54, 1.807) is 4.90 Å². The maximum Gasteiger partial charge on any atom is 0.219 e. The number of nitriles is 3. The van der Waals surface area contributed by atoms with Gasteiger partial charge in [-0.1, -0.05) is 36.4 Å². The first kappa shape index (κ1) is 19.2. The Morgan fingerprint density at radius 1 is 1.25 bits per heavy atom. The van der Waals surface area contributed by atoms with Gasteiger partial charge in [0.1, 0.15) is 6.07 Å². The topological polar surface area (TPSA) is 118 Å². The molecule has 1 aromatic rings. The fraction of sp³-hybridized carbons (Fsp3) is 0.364. The number of allylic oxidation sites excluding steroid dienone is 2. The Hall–Kier alpha value is -3.56. The van der Waals surface area contributed by atoms with Gasteiger partial charge in [-0.25, -0.2) is 0 Å². The zero-order valence-electron chi connectivity index (χ0n) is 15.7. The molecule has 1 aliphatic heterocycles. The summed E-state index contributed by atoms with van der Waals surface area (Å²) < 4.78 is 0. The number of hydrogen-bond acceptors (Lipinski definition) is 5. The van der Waals surface area contributed by atoms with E-state index in [9.17, 15) is 20.6 Å². The van der Waals surface area contributed by atoms with Crippen LogP contribution >= 0.6 is 0 Å². The number of benzene rings is 1. The van der Waals surface area contributed by atoms with E-state index in [0.717, 1.165) is 11.1 Å². The van der Waals surface area contributed by atoms with E-state index in [-0.39, 0.29) is 23.1 Å². The fourth-order valence-electron chi connectivity index (χ4n) is 4.33. The van der Waals surface area contributed by atoms with Gasteiger partial charge in [0.25, 0.3) is 0 Å². The number of aryl methyl sites for hydroxylation is 1. The van der Waals surface area contributed by atoms with Crippen molar-refractivity contribution in [2.45, 2.75) is 19.8 Å².